The topological polar surface area (TPSA) is 63.6 Å². The Bertz CT molecular complexity index is 567. The normalized spacial score (nSPS) is 11.2. The summed E-state index contributed by atoms with van der Waals surface area (Å²) in [5, 5.41) is 4.52. The Morgan fingerprint density at radius 1 is 1.45 bits per heavy atom. The maximum absolute atomic E-state index is 11.9. The van der Waals surface area contributed by atoms with Crippen LogP contribution in [0, 0.1) is 0 Å². The molecule has 2 heterocycles. The van der Waals surface area contributed by atoms with Gasteiger partial charge in [-0.3, -0.25) is 15.1 Å². The molecule has 0 aliphatic rings. The van der Waals surface area contributed by atoms with Crippen LogP contribution in [0.25, 0.3) is 0 Å². The number of amides is 1. The Balaban J connectivity index is 2.01. The molecular formula is C14H15N3O2S. The zero-order valence-electron chi connectivity index (χ0n) is 11.1. The number of amidine groups is 1. The molecule has 0 aliphatic heterocycles. The van der Waals surface area contributed by atoms with Crippen LogP contribution in [-0.2, 0) is 11.3 Å². The second kappa shape index (κ2) is 7.40. The molecule has 20 heavy (non-hydrogen) atoms. The average Bonchev–Trinajstić information content (AvgIpc) is 3.00. The van der Waals surface area contributed by atoms with E-state index in [1.54, 1.807) is 18.5 Å². The van der Waals surface area contributed by atoms with Crippen LogP contribution in [0.4, 0.5) is 0 Å². The number of carbonyl (C=O) groups is 1. The van der Waals surface area contributed by atoms with E-state index in [4.69, 9.17) is 4.74 Å². The van der Waals surface area contributed by atoms with E-state index in [9.17, 15) is 4.79 Å². The first-order chi connectivity index (χ1) is 9.79. The van der Waals surface area contributed by atoms with E-state index < -0.39 is 0 Å². The maximum atomic E-state index is 11.9. The molecule has 0 aromatic carbocycles. The quantitative estimate of drug-likeness (QED) is 0.694. The molecule has 0 atom stereocenters. The molecule has 6 heteroatoms. The minimum atomic E-state index is -0.210. The van der Waals surface area contributed by atoms with E-state index in [2.05, 4.69) is 15.3 Å². The molecule has 104 valence electrons. The third-order valence-electron chi connectivity index (χ3n) is 2.37. The van der Waals surface area contributed by atoms with Gasteiger partial charge in [0.15, 0.2) is 0 Å². The highest BCUT2D eigenvalue weighted by molar-refractivity contribution is 7.12. The van der Waals surface area contributed by atoms with E-state index in [0.717, 1.165) is 5.56 Å². The first-order valence-corrected chi connectivity index (χ1v) is 7.08. The number of carbonyl (C=O) groups excluding carboxylic acids is 1. The first kappa shape index (κ1) is 14.2. The SMILES string of the molecule is CCOC(=NCc1cccnc1)NC(=O)c1cccs1. The summed E-state index contributed by atoms with van der Waals surface area (Å²) in [6.07, 6.45) is 3.43. The van der Waals surface area contributed by atoms with Crippen molar-refractivity contribution in [2.24, 2.45) is 4.99 Å². The van der Waals surface area contributed by atoms with E-state index in [-0.39, 0.29) is 11.9 Å². The van der Waals surface area contributed by atoms with E-state index >= 15 is 0 Å². The van der Waals surface area contributed by atoms with Crippen LogP contribution in [0.2, 0.25) is 0 Å². The van der Waals surface area contributed by atoms with Gasteiger partial charge < -0.3 is 4.74 Å². The third kappa shape index (κ3) is 4.17. The summed E-state index contributed by atoms with van der Waals surface area (Å²) in [6, 6.07) is 7.57. The lowest BCUT2D eigenvalue weighted by Crippen LogP contribution is -2.32. The predicted molar refractivity (Wildman–Crippen MR) is 78.8 cm³/mol. The van der Waals surface area contributed by atoms with Gasteiger partial charge in [-0.05, 0) is 30.0 Å². The highest BCUT2D eigenvalue weighted by atomic mass is 32.1. The number of hydrogen-bond donors (Lipinski definition) is 1. The molecule has 5 nitrogen and oxygen atoms in total. The predicted octanol–water partition coefficient (Wildman–Crippen LogP) is 2.47. The number of thiophene rings is 1. The summed E-state index contributed by atoms with van der Waals surface area (Å²) in [4.78, 5) is 20.8. The number of nitrogens with one attached hydrogen (secondary N) is 1. The number of aliphatic imine (C=N–C) groups is 1. The molecule has 1 N–H and O–H groups in total. The fourth-order valence-corrected chi connectivity index (χ4v) is 2.10. The Morgan fingerprint density at radius 2 is 2.35 bits per heavy atom. The fraction of sp³-hybridized carbons (Fsp3) is 0.214. The van der Waals surface area contributed by atoms with E-state index in [1.165, 1.54) is 11.3 Å². The van der Waals surface area contributed by atoms with Crippen LogP contribution in [0.3, 0.4) is 0 Å². The van der Waals surface area contributed by atoms with Crippen molar-refractivity contribution in [3.63, 3.8) is 0 Å². The summed E-state index contributed by atoms with van der Waals surface area (Å²) >= 11 is 1.37. The van der Waals surface area contributed by atoms with Crippen LogP contribution in [-0.4, -0.2) is 23.5 Å². The standard InChI is InChI=1S/C14H15N3O2S/c1-2-19-14(16-10-11-5-3-7-15-9-11)17-13(18)12-6-4-8-20-12/h3-9H,2,10H2,1H3,(H,16,17,18). The Hall–Kier alpha value is -2.21. The lowest BCUT2D eigenvalue weighted by atomic mass is 10.3. The molecule has 0 unspecified atom stereocenters. The van der Waals surface area contributed by atoms with Crippen molar-refractivity contribution in [3.05, 3.63) is 52.5 Å². The van der Waals surface area contributed by atoms with Gasteiger partial charge in [-0.25, -0.2) is 4.99 Å². The van der Waals surface area contributed by atoms with Crippen molar-refractivity contribution in [3.8, 4) is 0 Å². The lowest BCUT2D eigenvalue weighted by Gasteiger charge is -2.08. The Kier molecular flexibility index (Phi) is 5.25. The van der Waals surface area contributed by atoms with Crippen LogP contribution >= 0.6 is 11.3 Å². The summed E-state index contributed by atoms with van der Waals surface area (Å²) < 4.78 is 5.33. The molecule has 0 spiro atoms. The summed E-state index contributed by atoms with van der Waals surface area (Å²) in [5.41, 5.74) is 0.954. The number of pyridine rings is 1. The second-order valence-corrected chi connectivity index (χ2v) is 4.79. The van der Waals surface area contributed by atoms with Gasteiger partial charge in [0, 0.05) is 12.4 Å². The monoisotopic (exact) mass is 289 g/mol. The van der Waals surface area contributed by atoms with Crippen molar-refractivity contribution in [1.29, 1.82) is 0 Å². The van der Waals surface area contributed by atoms with Gasteiger partial charge in [0.05, 0.1) is 18.0 Å². The zero-order chi connectivity index (χ0) is 14.2. The summed E-state index contributed by atoms with van der Waals surface area (Å²) in [6.45, 7) is 2.70. The van der Waals surface area contributed by atoms with Crippen LogP contribution in [0.1, 0.15) is 22.2 Å². The van der Waals surface area contributed by atoms with Gasteiger partial charge >= 0.3 is 0 Å². The summed E-state index contributed by atoms with van der Waals surface area (Å²) in [5.74, 6) is -0.210. The van der Waals surface area contributed by atoms with Gasteiger partial charge in [-0.1, -0.05) is 12.1 Å². The van der Waals surface area contributed by atoms with Crippen molar-refractivity contribution in [2.75, 3.05) is 6.61 Å². The Morgan fingerprint density at radius 3 is 3.00 bits per heavy atom. The fourth-order valence-electron chi connectivity index (χ4n) is 1.48. The molecule has 0 aliphatic carbocycles. The molecular weight excluding hydrogens is 274 g/mol. The molecule has 0 bridgehead atoms. The van der Waals surface area contributed by atoms with Gasteiger partial charge in [0.1, 0.15) is 0 Å². The number of aromatic nitrogens is 1. The van der Waals surface area contributed by atoms with Crippen LogP contribution < -0.4 is 5.32 Å². The minimum absolute atomic E-state index is 0.210. The van der Waals surface area contributed by atoms with Crippen LogP contribution in [0.15, 0.2) is 47.0 Å². The van der Waals surface area contributed by atoms with Gasteiger partial charge in [-0.2, -0.15) is 0 Å². The molecule has 2 rings (SSSR count). The van der Waals surface area contributed by atoms with Crippen molar-refractivity contribution < 1.29 is 9.53 Å². The van der Waals surface area contributed by atoms with E-state index in [0.29, 0.717) is 18.0 Å². The molecule has 1 amide bonds. The minimum Gasteiger partial charge on any atom is -0.465 e. The smallest absolute Gasteiger partial charge is 0.292 e. The highest BCUT2D eigenvalue weighted by Gasteiger charge is 2.10. The second-order valence-electron chi connectivity index (χ2n) is 3.85. The Labute approximate surface area is 121 Å². The van der Waals surface area contributed by atoms with E-state index in [1.807, 2.05) is 30.5 Å². The van der Waals surface area contributed by atoms with Crippen LogP contribution in [0.5, 0.6) is 0 Å². The number of rotatable bonds is 4. The molecule has 2 aromatic rings. The van der Waals surface area contributed by atoms with Gasteiger partial charge in [-0.15, -0.1) is 11.3 Å². The highest BCUT2D eigenvalue weighted by Crippen LogP contribution is 2.08. The number of ether oxygens (including phenoxy) is 1. The molecule has 0 saturated carbocycles. The number of nitrogens with zero attached hydrogens (tertiary/aromatic N) is 2. The number of hydrogen-bond acceptors (Lipinski definition) is 5. The maximum Gasteiger partial charge on any atom is 0.292 e. The first-order valence-electron chi connectivity index (χ1n) is 6.20. The van der Waals surface area contributed by atoms with Crippen molar-refractivity contribution >= 4 is 23.3 Å². The largest absolute Gasteiger partial charge is 0.465 e. The summed E-state index contributed by atoms with van der Waals surface area (Å²) in [7, 11) is 0. The zero-order valence-corrected chi connectivity index (χ0v) is 11.9. The third-order valence-corrected chi connectivity index (χ3v) is 3.24. The molecule has 0 fully saturated rings. The van der Waals surface area contributed by atoms with Crippen molar-refractivity contribution in [1.82, 2.24) is 10.3 Å². The van der Waals surface area contributed by atoms with Gasteiger partial charge in [0.25, 0.3) is 11.9 Å². The average molecular weight is 289 g/mol. The van der Waals surface area contributed by atoms with Gasteiger partial charge in [0.2, 0.25) is 0 Å². The van der Waals surface area contributed by atoms with Crippen molar-refractivity contribution in [2.45, 2.75) is 13.5 Å². The lowest BCUT2D eigenvalue weighted by molar-refractivity contribution is 0.0970. The molecule has 0 radical (unpaired) electrons. The molecule has 2 aromatic heterocycles. The molecule has 0 saturated heterocycles.